The fourth-order valence-electron chi connectivity index (χ4n) is 1.02. The Morgan fingerprint density at radius 1 is 1.53 bits per heavy atom. The summed E-state index contributed by atoms with van der Waals surface area (Å²) in [7, 11) is 0. The summed E-state index contributed by atoms with van der Waals surface area (Å²) in [4.78, 5) is 0.522. The predicted octanol–water partition coefficient (Wildman–Crippen LogP) is 3.55. The van der Waals surface area contributed by atoms with Crippen LogP contribution in [0.3, 0.4) is 0 Å². The Labute approximate surface area is 108 Å². The van der Waals surface area contributed by atoms with Crippen molar-refractivity contribution in [2.24, 2.45) is 5.73 Å². The van der Waals surface area contributed by atoms with E-state index in [2.05, 4.69) is 15.9 Å². The monoisotopic (exact) mass is 307 g/mol. The Morgan fingerprint density at radius 3 is 2.87 bits per heavy atom. The van der Waals surface area contributed by atoms with Crippen molar-refractivity contribution < 1.29 is 4.74 Å². The number of benzene rings is 1. The quantitative estimate of drug-likeness (QED) is 0.667. The number of rotatable bonds is 5. The van der Waals surface area contributed by atoms with Gasteiger partial charge in [-0.05, 0) is 40.5 Å². The normalized spacial score (nSPS) is 10.0. The van der Waals surface area contributed by atoms with Gasteiger partial charge in [0.05, 0.1) is 16.1 Å². The minimum absolute atomic E-state index is 0.522. The van der Waals surface area contributed by atoms with E-state index in [1.54, 1.807) is 12.1 Å². The van der Waals surface area contributed by atoms with Gasteiger partial charge in [-0.1, -0.05) is 23.8 Å². The van der Waals surface area contributed by atoms with Crippen molar-refractivity contribution >= 4 is 44.7 Å². The number of hydrogen-bond acceptors (Lipinski definition) is 2. The topological polar surface area (TPSA) is 35.2 Å². The Bertz CT molecular complexity index is 359. The van der Waals surface area contributed by atoms with E-state index in [4.69, 9.17) is 34.3 Å². The van der Waals surface area contributed by atoms with Crippen LogP contribution in [0.25, 0.3) is 0 Å². The van der Waals surface area contributed by atoms with Gasteiger partial charge in [0.25, 0.3) is 0 Å². The lowest BCUT2D eigenvalue weighted by Gasteiger charge is -2.07. The van der Waals surface area contributed by atoms with E-state index < -0.39 is 0 Å². The summed E-state index contributed by atoms with van der Waals surface area (Å²) < 4.78 is 6.37. The molecule has 2 N–H and O–H groups in total. The molecule has 1 aromatic carbocycles. The van der Waals surface area contributed by atoms with Gasteiger partial charge in [-0.25, -0.2) is 0 Å². The molecule has 0 aromatic heterocycles. The third kappa shape index (κ3) is 4.82. The third-order valence-corrected chi connectivity index (χ3v) is 2.78. The molecule has 0 bridgehead atoms. The van der Waals surface area contributed by atoms with Gasteiger partial charge in [-0.15, -0.1) is 0 Å². The Hall–Kier alpha value is -0.320. The van der Waals surface area contributed by atoms with E-state index in [-0.39, 0.29) is 0 Å². The first-order chi connectivity index (χ1) is 7.09. The fourth-order valence-corrected chi connectivity index (χ4v) is 1.96. The predicted molar refractivity (Wildman–Crippen MR) is 70.7 cm³/mol. The van der Waals surface area contributed by atoms with Crippen LogP contribution in [0.4, 0.5) is 0 Å². The molecule has 1 aromatic rings. The van der Waals surface area contributed by atoms with Crippen molar-refractivity contribution in [3.05, 3.63) is 27.7 Å². The van der Waals surface area contributed by atoms with Gasteiger partial charge in [-0.2, -0.15) is 0 Å². The molecular formula is C10H11BrClNOS. The highest BCUT2D eigenvalue weighted by molar-refractivity contribution is 9.10. The Kier molecular flexibility index (Phi) is 5.36. The number of ether oxygens (including phenoxy) is 1. The van der Waals surface area contributed by atoms with Crippen LogP contribution in [0, 0.1) is 0 Å². The second-order valence-electron chi connectivity index (χ2n) is 2.99. The van der Waals surface area contributed by atoms with Crippen molar-refractivity contribution in [2.75, 3.05) is 6.61 Å². The molecule has 0 aliphatic carbocycles. The van der Waals surface area contributed by atoms with E-state index in [0.29, 0.717) is 23.0 Å². The lowest BCUT2D eigenvalue weighted by Crippen LogP contribution is -2.09. The molecule has 0 fully saturated rings. The number of nitrogens with two attached hydrogens (primary N) is 1. The van der Waals surface area contributed by atoms with Crippen LogP contribution in [-0.4, -0.2) is 11.6 Å². The lowest BCUT2D eigenvalue weighted by molar-refractivity contribution is 0.312. The molecule has 15 heavy (non-hydrogen) atoms. The highest BCUT2D eigenvalue weighted by atomic mass is 79.9. The van der Waals surface area contributed by atoms with Crippen LogP contribution < -0.4 is 10.5 Å². The summed E-state index contributed by atoms with van der Waals surface area (Å²) >= 11 is 13.9. The second kappa shape index (κ2) is 6.30. The average molecular weight is 309 g/mol. The molecule has 0 spiro atoms. The summed E-state index contributed by atoms with van der Waals surface area (Å²) in [5, 5.41) is 0.678. The van der Waals surface area contributed by atoms with Gasteiger partial charge in [-0.3, -0.25) is 0 Å². The highest BCUT2D eigenvalue weighted by Gasteiger charge is 2.01. The second-order valence-corrected chi connectivity index (χ2v) is 4.81. The summed E-state index contributed by atoms with van der Waals surface area (Å²) in [6.45, 7) is 0.595. The summed E-state index contributed by atoms with van der Waals surface area (Å²) in [5.74, 6) is 0.780. The molecule has 0 unspecified atom stereocenters. The van der Waals surface area contributed by atoms with Crippen LogP contribution >= 0.6 is 39.7 Å². The van der Waals surface area contributed by atoms with Crippen molar-refractivity contribution in [1.29, 1.82) is 0 Å². The largest absolute Gasteiger partial charge is 0.492 e. The van der Waals surface area contributed by atoms with Crippen LogP contribution in [0.1, 0.15) is 12.8 Å². The van der Waals surface area contributed by atoms with Crippen LogP contribution in [-0.2, 0) is 0 Å². The summed E-state index contributed by atoms with van der Waals surface area (Å²) in [6, 6.07) is 5.41. The molecule has 0 amide bonds. The maximum atomic E-state index is 5.80. The Morgan fingerprint density at radius 2 is 2.27 bits per heavy atom. The molecule has 0 saturated heterocycles. The molecule has 2 nitrogen and oxygen atoms in total. The fraction of sp³-hybridized carbons (Fsp3) is 0.300. The maximum absolute atomic E-state index is 5.80. The maximum Gasteiger partial charge on any atom is 0.133 e. The van der Waals surface area contributed by atoms with Gasteiger partial charge in [0.15, 0.2) is 0 Å². The van der Waals surface area contributed by atoms with Gasteiger partial charge >= 0.3 is 0 Å². The number of thiocarbonyl (C=S) groups is 1. The van der Waals surface area contributed by atoms with E-state index in [0.717, 1.165) is 16.6 Å². The molecule has 0 heterocycles. The molecule has 0 aliphatic heterocycles. The van der Waals surface area contributed by atoms with Crippen LogP contribution in [0.2, 0.25) is 5.02 Å². The smallest absolute Gasteiger partial charge is 0.133 e. The minimum Gasteiger partial charge on any atom is -0.492 e. The van der Waals surface area contributed by atoms with Crippen molar-refractivity contribution in [1.82, 2.24) is 0 Å². The SMILES string of the molecule is NC(=S)CCCOc1ccc(Cl)cc1Br. The molecule has 1 rings (SSSR count). The van der Waals surface area contributed by atoms with Gasteiger partial charge in [0.1, 0.15) is 5.75 Å². The molecular weight excluding hydrogens is 298 g/mol. The third-order valence-electron chi connectivity index (χ3n) is 1.72. The first kappa shape index (κ1) is 12.7. The van der Waals surface area contributed by atoms with E-state index in [1.165, 1.54) is 0 Å². The van der Waals surface area contributed by atoms with Gasteiger partial charge in [0, 0.05) is 11.4 Å². The lowest BCUT2D eigenvalue weighted by atomic mass is 10.3. The summed E-state index contributed by atoms with van der Waals surface area (Å²) in [6.07, 6.45) is 1.53. The van der Waals surface area contributed by atoms with Gasteiger partial charge in [0.2, 0.25) is 0 Å². The number of halogens is 2. The zero-order valence-corrected chi connectivity index (χ0v) is 11.2. The highest BCUT2D eigenvalue weighted by Crippen LogP contribution is 2.27. The molecule has 0 radical (unpaired) electrons. The Balaban J connectivity index is 2.40. The number of hydrogen-bond donors (Lipinski definition) is 1. The zero-order valence-electron chi connectivity index (χ0n) is 8.00. The standard InChI is InChI=1S/C10H11BrClNOS/c11-8-6-7(12)3-4-9(8)14-5-1-2-10(13)15/h3-4,6H,1-2,5H2,(H2,13,15). The van der Waals surface area contributed by atoms with Gasteiger partial charge < -0.3 is 10.5 Å². The van der Waals surface area contributed by atoms with Crippen molar-refractivity contribution in [2.45, 2.75) is 12.8 Å². The molecule has 0 aliphatic rings. The minimum atomic E-state index is 0.522. The first-order valence-corrected chi connectivity index (χ1v) is 6.03. The van der Waals surface area contributed by atoms with E-state index >= 15 is 0 Å². The molecule has 0 saturated carbocycles. The average Bonchev–Trinajstić information content (AvgIpc) is 2.14. The van der Waals surface area contributed by atoms with E-state index in [9.17, 15) is 0 Å². The first-order valence-electron chi connectivity index (χ1n) is 4.46. The molecule has 0 atom stereocenters. The molecule has 82 valence electrons. The van der Waals surface area contributed by atoms with Crippen molar-refractivity contribution in [3.63, 3.8) is 0 Å². The summed E-state index contributed by atoms with van der Waals surface area (Å²) in [5.41, 5.74) is 5.37. The van der Waals surface area contributed by atoms with Crippen molar-refractivity contribution in [3.8, 4) is 5.75 Å². The molecule has 5 heteroatoms. The van der Waals surface area contributed by atoms with Crippen LogP contribution in [0.5, 0.6) is 5.75 Å². The van der Waals surface area contributed by atoms with Crippen LogP contribution in [0.15, 0.2) is 22.7 Å². The zero-order chi connectivity index (χ0) is 11.3. The van der Waals surface area contributed by atoms with E-state index in [1.807, 2.05) is 6.07 Å².